The molecule has 6 heterocycles. The number of fused-ring (bicyclic) bond motifs is 2. The largest absolute Gasteiger partial charge is 0.582 e. The number of aromatic amines is 1. The predicted octanol–water partition coefficient (Wildman–Crippen LogP) is 1.35. The van der Waals surface area contributed by atoms with E-state index in [0.717, 1.165) is 0 Å². The van der Waals surface area contributed by atoms with Crippen molar-refractivity contribution in [3.63, 3.8) is 0 Å². The monoisotopic (exact) mass is 672 g/mol. The fourth-order valence-electron chi connectivity index (χ4n) is 5.48. The van der Waals surface area contributed by atoms with Crippen LogP contribution >= 0.6 is 26.0 Å². The Labute approximate surface area is 254 Å². The molecule has 0 spiro atoms. The number of nitrogens with one attached hydrogen (secondary N) is 1. The van der Waals surface area contributed by atoms with Crippen LogP contribution in [-0.2, 0) is 34.9 Å². The van der Waals surface area contributed by atoms with E-state index in [-0.39, 0.29) is 49.6 Å². The summed E-state index contributed by atoms with van der Waals surface area (Å²) in [6.07, 6.45) is 1.78. The number of imidazole rings is 1. The van der Waals surface area contributed by atoms with Crippen molar-refractivity contribution in [2.75, 3.05) is 24.7 Å². The smallest absolute Gasteiger partial charge is 0.396 e. The Kier molecular flexibility index (Phi) is 8.56. The molecule has 8 atom stereocenters. The third-order valence-electron chi connectivity index (χ3n) is 7.44. The Morgan fingerprint density at radius 3 is 2.81 bits per heavy atom. The van der Waals surface area contributed by atoms with Crippen molar-refractivity contribution in [1.82, 2.24) is 34.1 Å². The maximum absolute atomic E-state index is 12.4. The number of aliphatic hydroxyl groups excluding tert-OH is 1. The second kappa shape index (κ2) is 12.1. The first-order valence-corrected chi connectivity index (χ1v) is 18.1. The molecule has 2 aliphatic heterocycles. The van der Waals surface area contributed by atoms with E-state index in [0.29, 0.717) is 16.9 Å². The standard InChI is InChI=1S/C22H27N9O8P2S2/c23-17-11-1-3-30(18(11)26-8-25-17)15-6-12(39-40(34)42)13(38-15)7-36-41(35,43)14-5-10(2-4-32)37-21(14)31-9-27-16-19(31)28-22(24)29-20(16)33/h1,3,8-10,12-15,21,32H,2,4-7H2,(H6-,23,24,25,26,28,29,33,34,35,42,43)/p+1/t10-,12+,13?,14-,15-,21-,41?/m1/s1. The molecule has 2 aliphatic rings. The van der Waals surface area contributed by atoms with Gasteiger partial charge in [-0.05, 0) is 35.3 Å². The lowest BCUT2D eigenvalue weighted by Gasteiger charge is -2.28. The van der Waals surface area contributed by atoms with E-state index >= 15 is 0 Å². The summed E-state index contributed by atoms with van der Waals surface area (Å²) in [6, 6.07) is 1.76. The Hall–Kier alpha value is -2.57. The van der Waals surface area contributed by atoms with Crippen molar-refractivity contribution in [3.05, 3.63) is 35.3 Å². The van der Waals surface area contributed by atoms with E-state index < -0.39 is 55.7 Å². The minimum atomic E-state index is -3.68. The number of nitrogen functional groups attached to an aromatic ring is 2. The third-order valence-corrected chi connectivity index (χ3v) is 11.1. The lowest BCUT2D eigenvalue weighted by atomic mass is 10.2. The summed E-state index contributed by atoms with van der Waals surface area (Å²) in [7, 11) is -2.29. The van der Waals surface area contributed by atoms with Crippen molar-refractivity contribution >= 4 is 71.7 Å². The molecule has 2 fully saturated rings. The van der Waals surface area contributed by atoms with Crippen LogP contribution in [0.2, 0.25) is 0 Å². The number of aliphatic hydroxyl groups is 1. The number of thiol groups is 1. The van der Waals surface area contributed by atoms with Gasteiger partial charge in [0.1, 0.15) is 54.7 Å². The average Bonchev–Trinajstić information content (AvgIpc) is 3.72. The fourth-order valence-corrected chi connectivity index (χ4v) is 8.64. The normalized spacial score (nSPS) is 27.7. The molecular formula is C22H28N9O8P2S2+. The summed E-state index contributed by atoms with van der Waals surface area (Å²) >= 11 is 9.57. The van der Waals surface area contributed by atoms with E-state index in [9.17, 15) is 19.4 Å². The van der Waals surface area contributed by atoms with Crippen molar-refractivity contribution in [3.8, 4) is 0 Å². The highest BCUT2D eigenvalue weighted by Gasteiger charge is 2.48. The zero-order valence-corrected chi connectivity index (χ0v) is 25.7. The minimum Gasteiger partial charge on any atom is -0.396 e. The van der Waals surface area contributed by atoms with Crippen LogP contribution in [0.4, 0.5) is 11.8 Å². The Morgan fingerprint density at radius 2 is 2.05 bits per heavy atom. The lowest BCUT2D eigenvalue weighted by molar-refractivity contribution is -0.0338. The molecule has 230 valence electrons. The highest BCUT2D eigenvalue weighted by molar-refractivity contribution is 8.39. The van der Waals surface area contributed by atoms with Crippen LogP contribution in [0.25, 0.3) is 22.2 Å². The number of nitrogens with zero attached hydrogens (tertiary/aromatic N) is 6. The van der Waals surface area contributed by atoms with Crippen LogP contribution in [0.3, 0.4) is 0 Å². The lowest BCUT2D eigenvalue weighted by Crippen LogP contribution is -2.29. The van der Waals surface area contributed by atoms with Crippen LogP contribution < -0.4 is 17.0 Å². The van der Waals surface area contributed by atoms with E-state index in [1.54, 1.807) is 16.8 Å². The van der Waals surface area contributed by atoms with Gasteiger partial charge in [-0.15, -0.1) is 4.52 Å². The molecule has 21 heteroatoms. The summed E-state index contributed by atoms with van der Waals surface area (Å²) in [5, 5.41) is 10.2. The quantitative estimate of drug-likeness (QED) is 0.103. The zero-order valence-electron chi connectivity index (χ0n) is 22.2. The van der Waals surface area contributed by atoms with Gasteiger partial charge in [-0.2, -0.15) is 4.98 Å². The van der Waals surface area contributed by atoms with Gasteiger partial charge < -0.3 is 40.0 Å². The summed E-state index contributed by atoms with van der Waals surface area (Å²) < 4.78 is 39.1. The number of rotatable bonds is 10. The zero-order chi connectivity index (χ0) is 30.5. The molecule has 0 aromatic carbocycles. The molecule has 17 nitrogen and oxygen atoms in total. The molecule has 43 heavy (non-hydrogen) atoms. The van der Waals surface area contributed by atoms with Gasteiger partial charge in [0.15, 0.2) is 17.7 Å². The van der Waals surface area contributed by atoms with Gasteiger partial charge in [0.05, 0.1) is 30.1 Å². The molecule has 3 unspecified atom stereocenters. The Morgan fingerprint density at radius 1 is 1.23 bits per heavy atom. The van der Waals surface area contributed by atoms with Crippen molar-refractivity contribution in [2.45, 2.75) is 55.7 Å². The summed E-state index contributed by atoms with van der Waals surface area (Å²) in [5.41, 5.74) is 11.1. The van der Waals surface area contributed by atoms with Crippen molar-refractivity contribution in [2.24, 2.45) is 0 Å². The predicted molar refractivity (Wildman–Crippen MR) is 161 cm³/mol. The number of aromatic nitrogens is 7. The maximum Gasteiger partial charge on any atom is 0.582 e. The van der Waals surface area contributed by atoms with E-state index in [4.69, 9.17) is 41.8 Å². The van der Waals surface area contributed by atoms with Crippen LogP contribution in [0.1, 0.15) is 31.7 Å². The number of nitrogens with two attached hydrogens (primary N) is 2. The molecule has 4 aromatic heterocycles. The summed E-state index contributed by atoms with van der Waals surface area (Å²) in [4.78, 5) is 43.0. The minimum absolute atomic E-state index is 0.0325. The number of hydrogen-bond donors (Lipinski definition) is 6. The topological polar surface area (TPSA) is 241 Å². The number of H-pyrrole nitrogens is 1. The number of ether oxygens (including phenoxy) is 2. The molecule has 0 amide bonds. The van der Waals surface area contributed by atoms with Gasteiger partial charge >= 0.3 is 7.23 Å². The summed E-state index contributed by atoms with van der Waals surface area (Å²) in [5.74, 6) is 0.196. The van der Waals surface area contributed by atoms with Gasteiger partial charge in [-0.25, -0.2) is 15.0 Å². The van der Waals surface area contributed by atoms with Gasteiger partial charge in [0.2, 0.25) is 5.95 Å². The molecule has 6 rings (SSSR count). The van der Waals surface area contributed by atoms with E-state index in [1.807, 2.05) is 0 Å². The maximum atomic E-state index is 12.4. The first-order chi connectivity index (χ1) is 20.6. The van der Waals surface area contributed by atoms with Gasteiger partial charge in [-0.1, -0.05) is 0 Å². The number of hydrogen-bond acceptors (Lipinski definition) is 14. The molecule has 0 aliphatic carbocycles. The van der Waals surface area contributed by atoms with Crippen molar-refractivity contribution in [1.29, 1.82) is 0 Å². The third kappa shape index (κ3) is 5.94. The van der Waals surface area contributed by atoms with Gasteiger partial charge in [-0.3, -0.25) is 14.3 Å². The van der Waals surface area contributed by atoms with Gasteiger partial charge in [0, 0.05) is 19.2 Å². The highest BCUT2D eigenvalue weighted by atomic mass is 32.7. The number of anilines is 2. The van der Waals surface area contributed by atoms with Crippen LogP contribution in [-0.4, -0.2) is 81.2 Å². The van der Waals surface area contributed by atoms with Crippen LogP contribution in [0, 0.1) is 0 Å². The van der Waals surface area contributed by atoms with E-state index in [1.165, 1.54) is 17.2 Å². The first kappa shape index (κ1) is 30.5. The Balaban J connectivity index is 1.24. The summed E-state index contributed by atoms with van der Waals surface area (Å²) in [6.45, 7) is -4.03. The van der Waals surface area contributed by atoms with Crippen molar-refractivity contribution < 1.29 is 33.1 Å². The molecule has 7 N–H and O–H groups in total. The SMILES string of the molecule is Nc1nc2c(ncn2[C@@H]2O[C@H](CCO)C[C@H]2P(O)(=S)OCC2O[C@@H](n3ccc4c(N)ncnc43)C[C@@H]2O[P+](=O)S)c(=O)[nH]1. The molecule has 0 saturated carbocycles. The fraction of sp³-hybridized carbons (Fsp3) is 0.500. The highest BCUT2D eigenvalue weighted by Crippen LogP contribution is 2.58. The second-order valence-corrected chi connectivity index (χ2v) is 15.4. The molecule has 0 radical (unpaired) electrons. The van der Waals surface area contributed by atoms with E-state index in [2.05, 4.69) is 37.2 Å². The van der Waals surface area contributed by atoms with Crippen LogP contribution in [0.5, 0.6) is 0 Å². The Bertz CT molecular complexity index is 1790. The van der Waals surface area contributed by atoms with Gasteiger partial charge in [0.25, 0.3) is 5.56 Å². The van der Waals surface area contributed by atoms with Crippen LogP contribution in [0.15, 0.2) is 29.7 Å². The first-order valence-electron chi connectivity index (χ1n) is 13.1. The molecular weight excluding hydrogens is 644 g/mol. The second-order valence-electron chi connectivity index (χ2n) is 10.1. The molecule has 2 saturated heterocycles. The molecule has 0 bridgehead atoms. The average molecular weight is 673 g/mol. The molecule has 4 aromatic rings.